The number of nitrogens with one attached hydrogen (secondary N) is 2. The summed E-state index contributed by atoms with van der Waals surface area (Å²) in [6, 6.07) is 14.0. The monoisotopic (exact) mass is 326 g/mol. The maximum atomic E-state index is 14.1. The number of hydrogen-bond donors (Lipinski definition) is 3. The summed E-state index contributed by atoms with van der Waals surface area (Å²) >= 11 is 0. The van der Waals surface area contributed by atoms with Gasteiger partial charge in [-0.2, -0.15) is 0 Å². The maximum absolute atomic E-state index is 14.1. The Morgan fingerprint density at radius 3 is 2.71 bits per heavy atom. The number of fused-ring (bicyclic) bond motifs is 1. The molecule has 0 aliphatic heterocycles. The van der Waals surface area contributed by atoms with Crippen LogP contribution >= 0.6 is 0 Å². The molecule has 4 nitrogen and oxygen atoms in total. The first-order chi connectivity index (χ1) is 11.7. The van der Waals surface area contributed by atoms with E-state index in [2.05, 4.69) is 10.3 Å². The number of halogens is 1. The molecule has 0 aliphatic carbocycles. The number of rotatable bonds is 6. The summed E-state index contributed by atoms with van der Waals surface area (Å²) in [7, 11) is 0. The van der Waals surface area contributed by atoms with Crippen LogP contribution in [0, 0.1) is 5.82 Å². The first-order valence-corrected chi connectivity index (χ1v) is 7.93. The van der Waals surface area contributed by atoms with Crippen LogP contribution in [-0.2, 0) is 0 Å². The molecule has 3 aromatic rings. The molecular formula is C19H19FN2O2. The van der Waals surface area contributed by atoms with Crippen molar-refractivity contribution in [2.45, 2.75) is 18.9 Å². The highest BCUT2D eigenvalue weighted by Gasteiger charge is 2.19. The highest BCUT2D eigenvalue weighted by Crippen LogP contribution is 2.24. The van der Waals surface area contributed by atoms with Crippen molar-refractivity contribution in [1.82, 2.24) is 10.3 Å². The lowest BCUT2D eigenvalue weighted by atomic mass is 10.0. The van der Waals surface area contributed by atoms with Crippen LogP contribution in [0.5, 0.6) is 0 Å². The second-order valence-electron chi connectivity index (χ2n) is 5.67. The zero-order valence-corrected chi connectivity index (χ0v) is 13.1. The maximum Gasteiger partial charge on any atom is 0.254 e. The minimum atomic E-state index is -0.425. The van der Waals surface area contributed by atoms with Crippen LogP contribution in [0.3, 0.4) is 0 Å². The Morgan fingerprint density at radius 2 is 1.96 bits per heavy atom. The molecule has 0 aliphatic rings. The van der Waals surface area contributed by atoms with Gasteiger partial charge >= 0.3 is 0 Å². The first-order valence-electron chi connectivity index (χ1n) is 7.93. The van der Waals surface area contributed by atoms with Gasteiger partial charge in [-0.15, -0.1) is 0 Å². The number of H-pyrrole nitrogens is 1. The van der Waals surface area contributed by atoms with Crippen LogP contribution in [0.4, 0.5) is 4.39 Å². The molecule has 2 aromatic carbocycles. The third-order valence-electron chi connectivity index (χ3n) is 4.06. The first kappa shape index (κ1) is 16.2. The standard InChI is InChI=1S/C19H19FN2O2/c20-15-8-4-9-17-18(15)14(12-21-17)19(24)22-16(10-5-11-23)13-6-2-1-3-7-13/h1-4,6-9,12,16,21,23H,5,10-11H2,(H,22,24). The van der Waals surface area contributed by atoms with Crippen LogP contribution in [0.25, 0.3) is 10.9 Å². The number of carbonyl (C=O) groups excluding carboxylic acids is 1. The fourth-order valence-electron chi connectivity index (χ4n) is 2.86. The van der Waals surface area contributed by atoms with Crippen molar-refractivity contribution in [3.05, 3.63) is 71.7 Å². The topological polar surface area (TPSA) is 65.1 Å². The average molecular weight is 326 g/mol. The van der Waals surface area contributed by atoms with E-state index in [1.807, 2.05) is 30.3 Å². The predicted molar refractivity (Wildman–Crippen MR) is 91.2 cm³/mol. The Kier molecular flexibility index (Phi) is 4.91. The van der Waals surface area contributed by atoms with E-state index < -0.39 is 5.82 Å². The molecule has 1 amide bonds. The number of hydrogen-bond acceptors (Lipinski definition) is 2. The van der Waals surface area contributed by atoms with E-state index >= 15 is 0 Å². The lowest BCUT2D eigenvalue weighted by Gasteiger charge is -2.19. The number of amides is 1. The molecule has 1 atom stereocenters. The largest absolute Gasteiger partial charge is 0.396 e. The summed E-state index contributed by atoms with van der Waals surface area (Å²) in [4.78, 5) is 15.6. The molecule has 24 heavy (non-hydrogen) atoms. The van der Waals surface area contributed by atoms with Crippen LogP contribution in [0.1, 0.15) is 34.8 Å². The van der Waals surface area contributed by atoms with Crippen molar-refractivity contribution in [2.24, 2.45) is 0 Å². The smallest absolute Gasteiger partial charge is 0.254 e. The molecule has 0 saturated carbocycles. The molecule has 0 radical (unpaired) electrons. The van der Waals surface area contributed by atoms with Gasteiger partial charge in [0, 0.05) is 23.7 Å². The lowest BCUT2D eigenvalue weighted by Crippen LogP contribution is -2.28. The normalized spacial score (nSPS) is 12.2. The lowest BCUT2D eigenvalue weighted by molar-refractivity contribution is 0.0934. The SMILES string of the molecule is O=C(NC(CCCO)c1ccccc1)c1c[nH]c2cccc(F)c12. The molecule has 3 rings (SSSR count). The van der Waals surface area contributed by atoms with Gasteiger partial charge in [-0.1, -0.05) is 36.4 Å². The van der Waals surface area contributed by atoms with Crippen LogP contribution in [0.2, 0.25) is 0 Å². The fourth-order valence-corrected chi connectivity index (χ4v) is 2.86. The molecule has 0 fully saturated rings. The molecule has 0 saturated heterocycles. The van der Waals surface area contributed by atoms with Gasteiger partial charge in [0.15, 0.2) is 0 Å². The summed E-state index contributed by atoms with van der Waals surface area (Å²) in [5.74, 6) is -0.760. The van der Waals surface area contributed by atoms with E-state index in [9.17, 15) is 9.18 Å². The number of aliphatic hydroxyl groups excluding tert-OH is 1. The van der Waals surface area contributed by atoms with Crippen LogP contribution < -0.4 is 5.32 Å². The van der Waals surface area contributed by atoms with Crippen molar-refractivity contribution in [3.63, 3.8) is 0 Å². The van der Waals surface area contributed by atoms with E-state index in [1.54, 1.807) is 12.1 Å². The molecular weight excluding hydrogens is 307 g/mol. The minimum absolute atomic E-state index is 0.0565. The Hall–Kier alpha value is -2.66. The second-order valence-corrected chi connectivity index (χ2v) is 5.67. The van der Waals surface area contributed by atoms with Gasteiger partial charge in [0.25, 0.3) is 5.91 Å². The van der Waals surface area contributed by atoms with Crippen molar-refractivity contribution >= 4 is 16.8 Å². The van der Waals surface area contributed by atoms with E-state index in [4.69, 9.17) is 5.11 Å². The van der Waals surface area contributed by atoms with Gasteiger partial charge in [-0.25, -0.2) is 4.39 Å². The van der Waals surface area contributed by atoms with Gasteiger partial charge in [0.1, 0.15) is 5.82 Å². The molecule has 3 N–H and O–H groups in total. The van der Waals surface area contributed by atoms with Gasteiger partial charge in [0.05, 0.1) is 11.6 Å². The zero-order valence-electron chi connectivity index (χ0n) is 13.1. The zero-order chi connectivity index (χ0) is 16.9. The van der Waals surface area contributed by atoms with Crippen molar-refractivity contribution in [2.75, 3.05) is 6.61 Å². The van der Waals surface area contributed by atoms with E-state index in [-0.39, 0.29) is 24.1 Å². The van der Waals surface area contributed by atoms with Crippen molar-refractivity contribution in [3.8, 4) is 0 Å². The highest BCUT2D eigenvalue weighted by molar-refractivity contribution is 6.07. The Balaban J connectivity index is 1.87. The van der Waals surface area contributed by atoms with E-state index in [0.717, 1.165) is 5.56 Å². The number of benzene rings is 2. The Bertz CT molecular complexity index is 830. The van der Waals surface area contributed by atoms with Crippen LogP contribution in [-0.4, -0.2) is 22.6 Å². The average Bonchev–Trinajstić information content (AvgIpc) is 3.05. The summed E-state index contributed by atoms with van der Waals surface area (Å²) in [5, 5.41) is 12.3. The molecule has 0 spiro atoms. The molecule has 124 valence electrons. The van der Waals surface area contributed by atoms with Gasteiger partial charge in [-0.05, 0) is 30.5 Å². The van der Waals surface area contributed by atoms with Gasteiger partial charge in [0.2, 0.25) is 0 Å². The van der Waals surface area contributed by atoms with Gasteiger partial charge in [-0.3, -0.25) is 4.79 Å². The Morgan fingerprint density at radius 1 is 1.17 bits per heavy atom. The minimum Gasteiger partial charge on any atom is -0.396 e. The number of carbonyl (C=O) groups is 1. The number of aliphatic hydroxyl groups is 1. The summed E-state index contributed by atoms with van der Waals surface area (Å²) in [6.45, 7) is 0.0565. The summed E-state index contributed by atoms with van der Waals surface area (Å²) < 4.78 is 14.1. The van der Waals surface area contributed by atoms with Crippen molar-refractivity contribution in [1.29, 1.82) is 0 Å². The summed E-state index contributed by atoms with van der Waals surface area (Å²) in [6.07, 6.45) is 2.70. The Labute approximate surface area is 139 Å². The molecule has 0 bridgehead atoms. The third kappa shape index (κ3) is 3.31. The number of aromatic nitrogens is 1. The van der Waals surface area contributed by atoms with Crippen LogP contribution in [0.15, 0.2) is 54.7 Å². The van der Waals surface area contributed by atoms with Crippen molar-refractivity contribution < 1.29 is 14.3 Å². The highest BCUT2D eigenvalue weighted by atomic mass is 19.1. The predicted octanol–water partition coefficient (Wildman–Crippen LogP) is 3.55. The second kappa shape index (κ2) is 7.27. The van der Waals surface area contributed by atoms with E-state index in [0.29, 0.717) is 23.7 Å². The van der Waals surface area contributed by atoms with Gasteiger partial charge < -0.3 is 15.4 Å². The quantitative estimate of drug-likeness (QED) is 0.648. The molecule has 1 unspecified atom stereocenters. The molecule has 1 heterocycles. The third-order valence-corrected chi connectivity index (χ3v) is 4.06. The fraction of sp³-hybridized carbons (Fsp3) is 0.211. The number of aromatic amines is 1. The summed E-state index contributed by atoms with van der Waals surface area (Å²) in [5.41, 5.74) is 1.83. The van der Waals surface area contributed by atoms with E-state index in [1.165, 1.54) is 12.3 Å². The molecule has 1 aromatic heterocycles. The molecule has 5 heteroatoms.